The SMILES string of the molecule is COc1ccc(C2=C(C)C3(CC4(CCCCC4)CO3)OC2=O)cc1. The molecular formula is C20H24O4. The fourth-order valence-electron chi connectivity index (χ4n) is 4.51. The molecule has 128 valence electrons. The first-order chi connectivity index (χ1) is 11.6. The molecule has 24 heavy (non-hydrogen) atoms. The van der Waals surface area contributed by atoms with Crippen LogP contribution in [0.4, 0.5) is 0 Å². The maximum atomic E-state index is 12.6. The monoisotopic (exact) mass is 328 g/mol. The van der Waals surface area contributed by atoms with E-state index in [1.807, 2.05) is 31.2 Å². The molecule has 4 heteroatoms. The summed E-state index contributed by atoms with van der Waals surface area (Å²) in [5.74, 6) is -0.342. The Morgan fingerprint density at radius 1 is 1.08 bits per heavy atom. The van der Waals surface area contributed by atoms with E-state index in [9.17, 15) is 4.79 Å². The standard InChI is InChI=1S/C20H24O4/c1-14-17(15-6-8-16(22-2)9-7-15)18(21)24-20(14)12-19(13-23-20)10-4-3-5-11-19/h6-9H,3-5,10-13H2,1-2H3. The zero-order chi connectivity index (χ0) is 16.8. The van der Waals surface area contributed by atoms with Crippen LogP contribution in [0, 0.1) is 5.41 Å². The molecule has 1 saturated carbocycles. The van der Waals surface area contributed by atoms with E-state index in [2.05, 4.69) is 0 Å². The van der Waals surface area contributed by atoms with Gasteiger partial charge in [0.1, 0.15) is 5.75 Å². The Morgan fingerprint density at radius 2 is 1.79 bits per heavy atom. The van der Waals surface area contributed by atoms with Gasteiger partial charge in [0.25, 0.3) is 0 Å². The second-order valence-electron chi connectivity index (χ2n) is 7.40. The van der Waals surface area contributed by atoms with E-state index in [0.29, 0.717) is 12.2 Å². The van der Waals surface area contributed by atoms with Gasteiger partial charge in [-0.2, -0.15) is 0 Å². The molecule has 3 aliphatic rings. The first kappa shape index (κ1) is 15.7. The van der Waals surface area contributed by atoms with Gasteiger partial charge in [0.05, 0.1) is 19.3 Å². The van der Waals surface area contributed by atoms with Crippen LogP contribution in [-0.4, -0.2) is 25.5 Å². The van der Waals surface area contributed by atoms with Crippen molar-refractivity contribution in [3.05, 3.63) is 35.4 Å². The average molecular weight is 328 g/mol. The molecule has 0 aromatic heterocycles. The van der Waals surface area contributed by atoms with E-state index >= 15 is 0 Å². The zero-order valence-corrected chi connectivity index (χ0v) is 14.4. The molecule has 1 saturated heterocycles. The van der Waals surface area contributed by atoms with Crippen LogP contribution < -0.4 is 4.74 Å². The lowest BCUT2D eigenvalue weighted by atomic mass is 9.71. The lowest BCUT2D eigenvalue weighted by Crippen LogP contribution is -2.32. The van der Waals surface area contributed by atoms with Gasteiger partial charge >= 0.3 is 5.97 Å². The molecule has 0 radical (unpaired) electrons. The Morgan fingerprint density at radius 3 is 2.46 bits per heavy atom. The number of hydrogen-bond acceptors (Lipinski definition) is 4. The summed E-state index contributed by atoms with van der Waals surface area (Å²) in [6.45, 7) is 2.68. The molecule has 2 aliphatic heterocycles. The fraction of sp³-hybridized carbons (Fsp3) is 0.550. The van der Waals surface area contributed by atoms with Crippen LogP contribution in [0.15, 0.2) is 29.8 Å². The van der Waals surface area contributed by atoms with Crippen LogP contribution in [0.2, 0.25) is 0 Å². The van der Waals surface area contributed by atoms with Crippen molar-refractivity contribution in [3.63, 3.8) is 0 Å². The molecule has 0 N–H and O–H groups in total. The molecule has 2 heterocycles. The second kappa shape index (κ2) is 5.62. The first-order valence-corrected chi connectivity index (χ1v) is 8.81. The quantitative estimate of drug-likeness (QED) is 0.767. The summed E-state index contributed by atoms with van der Waals surface area (Å²) in [6.07, 6.45) is 6.97. The number of carbonyl (C=O) groups excluding carboxylic acids is 1. The Bertz CT molecular complexity index is 682. The van der Waals surface area contributed by atoms with Crippen LogP contribution in [0.5, 0.6) is 5.75 Å². The molecule has 0 bridgehead atoms. The van der Waals surface area contributed by atoms with Crippen molar-refractivity contribution < 1.29 is 19.0 Å². The van der Waals surface area contributed by atoms with Crippen molar-refractivity contribution in [1.29, 1.82) is 0 Å². The Kier molecular flexibility index (Phi) is 3.68. The third-order valence-electron chi connectivity index (χ3n) is 5.92. The van der Waals surface area contributed by atoms with E-state index < -0.39 is 5.79 Å². The number of rotatable bonds is 2. The van der Waals surface area contributed by atoms with Crippen molar-refractivity contribution in [2.45, 2.75) is 51.2 Å². The van der Waals surface area contributed by atoms with Gasteiger partial charge in [0, 0.05) is 17.4 Å². The third-order valence-corrected chi connectivity index (χ3v) is 5.92. The summed E-state index contributed by atoms with van der Waals surface area (Å²) in [5.41, 5.74) is 2.61. The minimum Gasteiger partial charge on any atom is -0.497 e. The van der Waals surface area contributed by atoms with Gasteiger partial charge in [0.2, 0.25) is 5.79 Å². The van der Waals surface area contributed by atoms with Crippen LogP contribution >= 0.6 is 0 Å². The molecule has 4 nitrogen and oxygen atoms in total. The van der Waals surface area contributed by atoms with E-state index in [-0.39, 0.29) is 11.4 Å². The number of methoxy groups -OCH3 is 1. The Hall–Kier alpha value is -1.81. The molecule has 1 aromatic carbocycles. The highest BCUT2D eigenvalue weighted by Gasteiger charge is 2.57. The molecule has 2 spiro atoms. The normalized spacial score (nSPS) is 28.7. The van der Waals surface area contributed by atoms with Crippen molar-refractivity contribution in [2.24, 2.45) is 5.41 Å². The van der Waals surface area contributed by atoms with E-state index in [0.717, 1.165) is 23.3 Å². The van der Waals surface area contributed by atoms with Gasteiger partial charge in [-0.15, -0.1) is 0 Å². The molecule has 1 aliphatic carbocycles. The Balaban J connectivity index is 1.66. The van der Waals surface area contributed by atoms with Gasteiger partial charge in [-0.05, 0) is 37.5 Å². The number of hydrogen-bond donors (Lipinski definition) is 0. The zero-order valence-electron chi connectivity index (χ0n) is 14.4. The highest BCUT2D eigenvalue weighted by atomic mass is 16.7. The van der Waals surface area contributed by atoms with Crippen LogP contribution in [0.25, 0.3) is 5.57 Å². The highest BCUT2D eigenvalue weighted by Crippen LogP contribution is 2.55. The number of benzene rings is 1. The summed E-state index contributed by atoms with van der Waals surface area (Å²) in [6, 6.07) is 7.55. The van der Waals surface area contributed by atoms with Gasteiger partial charge in [-0.25, -0.2) is 4.79 Å². The first-order valence-electron chi connectivity index (χ1n) is 8.81. The predicted molar refractivity (Wildman–Crippen MR) is 90.5 cm³/mol. The van der Waals surface area contributed by atoms with Crippen LogP contribution in [0.1, 0.15) is 51.0 Å². The smallest absolute Gasteiger partial charge is 0.341 e. The third kappa shape index (κ3) is 2.35. The summed E-state index contributed by atoms with van der Waals surface area (Å²) in [7, 11) is 1.63. The summed E-state index contributed by atoms with van der Waals surface area (Å²) in [5, 5.41) is 0. The van der Waals surface area contributed by atoms with Crippen LogP contribution in [0.3, 0.4) is 0 Å². The Labute approximate surface area is 142 Å². The maximum Gasteiger partial charge on any atom is 0.341 e. The van der Waals surface area contributed by atoms with E-state index in [1.165, 1.54) is 32.1 Å². The summed E-state index contributed by atoms with van der Waals surface area (Å²) < 4.78 is 17.2. The van der Waals surface area contributed by atoms with Crippen LogP contribution in [-0.2, 0) is 14.3 Å². The molecule has 4 rings (SSSR count). The van der Waals surface area contributed by atoms with E-state index in [1.54, 1.807) is 7.11 Å². The number of esters is 1. The van der Waals surface area contributed by atoms with Crippen molar-refractivity contribution >= 4 is 11.5 Å². The lowest BCUT2D eigenvalue weighted by molar-refractivity contribution is -0.184. The van der Waals surface area contributed by atoms with E-state index in [4.69, 9.17) is 14.2 Å². The fourth-order valence-corrected chi connectivity index (χ4v) is 4.51. The molecule has 1 unspecified atom stereocenters. The molecule has 2 fully saturated rings. The molecule has 1 aromatic rings. The number of ether oxygens (including phenoxy) is 3. The maximum absolute atomic E-state index is 12.6. The van der Waals surface area contributed by atoms with Gasteiger partial charge in [-0.3, -0.25) is 0 Å². The summed E-state index contributed by atoms with van der Waals surface area (Å²) in [4.78, 5) is 12.6. The predicted octanol–water partition coefficient (Wildman–Crippen LogP) is 4.09. The highest BCUT2D eigenvalue weighted by molar-refractivity contribution is 6.20. The van der Waals surface area contributed by atoms with Crippen molar-refractivity contribution in [2.75, 3.05) is 13.7 Å². The average Bonchev–Trinajstić information content (AvgIpc) is 3.06. The molecule has 1 atom stereocenters. The van der Waals surface area contributed by atoms with Crippen molar-refractivity contribution in [3.8, 4) is 5.75 Å². The van der Waals surface area contributed by atoms with Gasteiger partial charge in [0.15, 0.2) is 0 Å². The molecular weight excluding hydrogens is 304 g/mol. The topological polar surface area (TPSA) is 44.8 Å². The largest absolute Gasteiger partial charge is 0.497 e. The van der Waals surface area contributed by atoms with Gasteiger partial charge < -0.3 is 14.2 Å². The minimum atomic E-state index is -0.844. The molecule has 0 amide bonds. The lowest BCUT2D eigenvalue weighted by Gasteiger charge is -2.32. The summed E-state index contributed by atoms with van der Waals surface area (Å²) >= 11 is 0. The minimum absolute atomic E-state index is 0.190. The number of carbonyl (C=O) groups is 1. The second-order valence-corrected chi connectivity index (χ2v) is 7.40. The van der Waals surface area contributed by atoms with Gasteiger partial charge in [-0.1, -0.05) is 31.4 Å². The van der Waals surface area contributed by atoms with Crippen molar-refractivity contribution in [1.82, 2.24) is 0 Å².